The second-order valence-electron chi connectivity index (χ2n) is 28.7. The van der Waals surface area contributed by atoms with E-state index >= 15 is 0 Å². The molecule has 14 aromatic carbocycles. The molecule has 0 radical (unpaired) electrons. The number of para-hydroxylation sites is 3. The van der Waals surface area contributed by atoms with Gasteiger partial charge < -0.3 is 0 Å². The van der Waals surface area contributed by atoms with Gasteiger partial charge in [-0.15, -0.1) is 22.7 Å². The highest BCUT2D eigenvalue weighted by Crippen LogP contribution is 2.42. The van der Waals surface area contributed by atoms with Crippen LogP contribution in [0.5, 0.6) is 0 Å². The zero-order chi connectivity index (χ0) is 78.2. The normalized spacial score (nSPS) is 11.4. The van der Waals surface area contributed by atoms with Crippen LogP contribution in [0.15, 0.2) is 389 Å². The summed E-state index contributed by atoms with van der Waals surface area (Å²) in [4.78, 5) is 60.4. The first kappa shape index (κ1) is 70.4. The number of fused-ring (bicyclic) bond motifs is 8. The van der Waals surface area contributed by atoms with E-state index in [1.165, 1.54) is 11.1 Å². The maximum Gasteiger partial charge on any atom is 0.164 e. The van der Waals surface area contributed by atoms with Crippen LogP contribution in [0.4, 0.5) is 0 Å². The van der Waals surface area contributed by atoms with Crippen LogP contribution >= 0.6 is 22.7 Å². The van der Waals surface area contributed by atoms with Crippen LogP contribution in [0.2, 0.25) is 0 Å². The number of hydrogen-bond donors (Lipinski definition) is 0. The SMILES string of the molecule is c1ccc(-c2ccc(-c3nc(-c4ccccc4)nc(-c4ccc(-c5ccc(-c6ccc(-c7ccnc8c7sc7nc9ccccc9nc78)cc6)cc5)cc4)n3)cc2)cc1.c1ccc(-c2ccc(-c3nc(-c4ccccc4)nc(-c4ccc(-c5ccc(-c6ccc(-c7ncnc8c7sc7nc9ccccc9cc78)cc6)cc5)cc4)n3)cc2)cc1. The van der Waals surface area contributed by atoms with Crippen molar-refractivity contribution in [3.05, 3.63) is 389 Å². The van der Waals surface area contributed by atoms with Crippen LogP contribution in [-0.4, -0.2) is 59.8 Å². The highest BCUT2D eigenvalue weighted by Gasteiger charge is 2.21. The van der Waals surface area contributed by atoms with Crippen molar-refractivity contribution in [1.29, 1.82) is 0 Å². The molecule has 0 aliphatic carbocycles. The van der Waals surface area contributed by atoms with E-state index < -0.39 is 0 Å². The van der Waals surface area contributed by atoms with Gasteiger partial charge in [0.15, 0.2) is 34.9 Å². The summed E-state index contributed by atoms with van der Waals surface area (Å²) in [5, 5.41) is 2.18. The molecule has 0 saturated carbocycles. The van der Waals surface area contributed by atoms with Crippen LogP contribution in [0.25, 0.3) is 220 Å². The molecule has 0 atom stereocenters. The Balaban J connectivity index is 0.000000147. The number of hydrogen-bond acceptors (Lipinski definition) is 14. The molecule has 0 amide bonds. The molecule has 0 aliphatic heterocycles. The predicted octanol–water partition coefficient (Wildman–Crippen LogP) is 26.5. The average Bonchev–Trinajstić information content (AvgIpc) is 1.60. The summed E-state index contributed by atoms with van der Waals surface area (Å²) >= 11 is 3.30. The molecule has 14 heteroatoms. The van der Waals surface area contributed by atoms with Crippen molar-refractivity contribution >= 4 is 85.6 Å². The van der Waals surface area contributed by atoms with E-state index in [1.54, 1.807) is 29.0 Å². The van der Waals surface area contributed by atoms with Gasteiger partial charge in [0.2, 0.25) is 0 Å². The lowest BCUT2D eigenvalue weighted by atomic mass is 9.98. The number of pyridine rings is 2. The van der Waals surface area contributed by atoms with Crippen LogP contribution in [-0.2, 0) is 0 Å². The van der Waals surface area contributed by atoms with E-state index in [4.69, 9.17) is 54.8 Å². The largest absolute Gasteiger partial charge is 0.253 e. The van der Waals surface area contributed by atoms with Crippen LogP contribution in [0.1, 0.15) is 0 Å². The van der Waals surface area contributed by atoms with E-state index in [9.17, 15) is 0 Å². The fourth-order valence-electron chi connectivity index (χ4n) is 15.1. The lowest BCUT2D eigenvalue weighted by Gasteiger charge is -2.10. The minimum absolute atomic E-state index is 0.631. The van der Waals surface area contributed by atoms with E-state index in [0.717, 1.165) is 174 Å². The van der Waals surface area contributed by atoms with Gasteiger partial charge in [-0.05, 0) is 103 Å². The minimum atomic E-state index is 0.631. The van der Waals surface area contributed by atoms with Crippen molar-refractivity contribution in [2.75, 3.05) is 0 Å². The first-order valence-corrected chi connectivity index (χ1v) is 40.5. The molecule has 552 valence electrons. The third-order valence-electron chi connectivity index (χ3n) is 21.4. The molecule has 0 spiro atoms. The van der Waals surface area contributed by atoms with E-state index in [-0.39, 0.29) is 0 Å². The third-order valence-corrected chi connectivity index (χ3v) is 23.6. The Hall–Kier alpha value is -15.5. The Morgan fingerprint density at radius 1 is 0.186 bits per heavy atom. The van der Waals surface area contributed by atoms with Gasteiger partial charge in [-0.1, -0.05) is 346 Å². The number of nitrogens with zero attached hydrogens (tertiary/aromatic N) is 12. The molecular formula is C104H64N12S2. The van der Waals surface area contributed by atoms with Crippen molar-refractivity contribution in [1.82, 2.24) is 59.8 Å². The van der Waals surface area contributed by atoms with E-state index in [0.29, 0.717) is 34.9 Å². The Morgan fingerprint density at radius 2 is 0.483 bits per heavy atom. The monoisotopic (exact) mass is 1540 g/mol. The molecule has 118 heavy (non-hydrogen) atoms. The van der Waals surface area contributed by atoms with Crippen molar-refractivity contribution in [3.8, 4) is 157 Å². The van der Waals surface area contributed by atoms with Crippen molar-refractivity contribution in [3.63, 3.8) is 0 Å². The molecule has 0 unspecified atom stereocenters. The van der Waals surface area contributed by atoms with Gasteiger partial charge >= 0.3 is 0 Å². The average molecular weight is 1550 g/mol. The van der Waals surface area contributed by atoms with Crippen LogP contribution in [0.3, 0.4) is 0 Å². The lowest BCUT2D eigenvalue weighted by Crippen LogP contribution is -2.00. The van der Waals surface area contributed by atoms with Crippen LogP contribution in [0, 0.1) is 0 Å². The summed E-state index contributed by atoms with van der Waals surface area (Å²) in [7, 11) is 0. The summed E-state index contributed by atoms with van der Waals surface area (Å²) in [5.41, 5.74) is 29.0. The second kappa shape index (κ2) is 30.8. The highest BCUT2D eigenvalue weighted by molar-refractivity contribution is 7.26. The Kier molecular flexibility index (Phi) is 18.4. The molecule has 0 saturated heterocycles. The molecule has 0 N–H and O–H groups in total. The summed E-state index contributed by atoms with van der Waals surface area (Å²) < 4.78 is 2.15. The van der Waals surface area contributed by atoms with Crippen molar-refractivity contribution < 1.29 is 0 Å². The standard InChI is InChI=1S/2C52H32N6S/c1-3-9-33(10-4-1)34-21-27-41(28-22-34)50-56-49(40-11-5-2-6-12-40)57-51(58-50)42-29-23-38(24-30-42)36-17-15-35(16-18-36)37-19-25-39(26-20-37)46-48-47(54-32-53-46)44-31-43-13-7-8-14-45(43)55-52(44)59-48;1-3-9-33(10-4-1)34-21-27-41(28-22-34)50-56-49(40-11-5-2-6-12-40)57-51(58-50)42-29-23-38(24-30-42)36-17-15-35(16-18-36)37-19-25-39(26-20-37)43-31-32-53-46-47-52(59-48(43)46)55-45-14-8-7-13-44(45)54-47/h2*1-32H. The van der Waals surface area contributed by atoms with Gasteiger partial charge in [0.05, 0.1) is 37.2 Å². The summed E-state index contributed by atoms with van der Waals surface area (Å²) in [6.45, 7) is 0. The molecule has 0 aliphatic rings. The third kappa shape index (κ3) is 14.0. The minimum Gasteiger partial charge on any atom is -0.253 e. The second-order valence-corrected chi connectivity index (χ2v) is 30.7. The Morgan fingerprint density at radius 3 is 0.881 bits per heavy atom. The molecule has 22 aromatic rings. The maximum atomic E-state index is 4.98. The number of thiophene rings is 2. The predicted molar refractivity (Wildman–Crippen MR) is 483 cm³/mol. The Labute approximate surface area is 686 Å². The highest BCUT2D eigenvalue weighted by atomic mass is 32.1. The van der Waals surface area contributed by atoms with Gasteiger partial charge in [-0.3, -0.25) is 4.98 Å². The Bertz CT molecular complexity index is 7000. The molecule has 8 heterocycles. The van der Waals surface area contributed by atoms with Crippen LogP contribution < -0.4 is 0 Å². The van der Waals surface area contributed by atoms with Gasteiger partial charge in [-0.25, -0.2) is 54.8 Å². The first-order valence-electron chi connectivity index (χ1n) is 38.9. The van der Waals surface area contributed by atoms with Crippen molar-refractivity contribution in [2.24, 2.45) is 0 Å². The summed E-state index contributed by atoms with van der Waals surface area (Å²) in [5.74, 6) is 3.82. The van der Waals surface area contributed by atoms with Gasteiger partial charge in [0.25, 0.3) is 0 Å². The lowest BCUT2D eigenvalue weighted by molar-refractivity contribution is 1.07. The quantitative estimate of drug-likeness (QED) is 0.102. The fourth-order valence-corrected chi connectivity index (χ4v) is 17.4. The first-order chi connectivity index (χ1) is 58.4. The van der Waals surface area contributed by atoms with Gasteiger partial charge in [0, 0.05) is 61.5 Å². The van der Waals surface area contributed by atoms with E-state index in [1.807, 2.05) is 115 Å². The summed E-state index contributed by atoms with van der Waals surface area (Å²) in [6.07, 6.45) is 3.53. The summed E-state index contributed by atoms with van der Waals surface area (Å²) in [6, 6.07) is 130. The molecule has 22 rings (SSSR count). The molecule has 0 bridgehead atoms. The van der Waals surface area contributed by atoms with E-state index in [2.05, 4.69) is 272 Å². The molecule has 0 fully saturated rings. The number of aromatic nitrogens is 12. The zero-order valence-corrected chi connectivity index (χ0v) is 64.8. The van der Waals surface area contributed by atoms with Gasteiger partial charge in [-0.2, -0.15) is 0 Å². The molecule has 12 nitrogen and oxygen atoms in total. The maximum absolute atomic E-state index is 4.98. The fraction of sp³-hybridized carbons (Fsp3) is 0. The number of rotatable bonds is 14. The smallest absolute Gasteiger partial charge is 0.164 e. The molecule has 8 aromatic heterocycles. The molecular weight excluding hydrogens is 1480 g/mol. The topological polar surface area (TPSA) is 155 Å². The zero-order valence-electron chi connectivity index (χ0n) is 63.1. The van der Waals surface area contributed by atoms with Gasteiger partial charge in [0.1, 0.15) is 27.0 Å². The van der Waals surface area contributed by atoms with Crippen molar-refractivity contribution in [2.45, 2.75) is 0 Å². The number of benzene rings is 14.